The summed E-state index contributed by atoms with van der Waals surface area (Å²) in [6.07, 6.45) is -2.67. The zero-order valence-electron chi connectivity index (χ0n) is 10.2. The normalized spacial score (nSPS) is 15.6. The Hall–Kier alpha value is -0.990. The highest BCUT2D eigenvalue weighted by Gasteiger charge is 2.30. The predicted molar refractivity (Wildman–Crippen MR) is 63.5 cm³/mol. The van der Waals surface area contributed by atoms with E-state index in [-0.39, 0.29) is 5.92 Å². The van der Waals surface area contributed by atoms with E-state index in [1.165, 1.54) is 12.1 Å². The number of benzene rings is 1. The van der Waals surface area contributed by atoms with Crippen LogP contribution < -0.4 is 0 Å². The highest BCUT2D eigenvalue weighted by Crippen LogP contribution is 2.30. The summed E-state index contributed by atoms with van der Waals surface area (Å²) in [5.41, 5.74) is 0.161. The van der Waals surface area contributed by atoms with E-state index in [9.17, 15) is 13.2 Å². The molecule has 0 fully saturated rings. The largest absolute Gasteiger partial charge is 0.416 e. The van der Waals surface area contributed by atoms with Gasteiger partial charge < -0.3 is 0 Å². The maximum Gasteiger partial charge on any atom is 0.416 e. The van der Waals surface area contributed by atoms with Crippen molar-refractivity contribution < 1.29 is 13.2 Å². The van der Waals surface area contributed by atoms with Crippen LogP contribution in [0.4, 0.5) is 13.2 Å². The van der Waals surface area contributed by atoms with E-state index in [1.54, 1.807) is 6.07 Å². The molecule has 1 radical (unpaired) electrons. The minimum Gasteiger partial charge on any atom is -0.166 e. The van der Waals surface area contributed by atoms with E-state index >= 15 is 0 Å². The van der Waals surface area contributed by atoms with Crippen molar-refractivity contribution in [3.8, 4) is 0 Å². The lowest BCUT2D eigenvalue weighted by Gasteiger charge is -2.18. The lowest BCUT2D eigenvalue weighted by molar-refractivity contribution is -0.137. The van der Waals surface area contributed by atoms with Gasteiger partial charge in [0.25, 0.3) is 0 Å². The van der Waals surface area contributed by atoms with E-state index < -0.39 is 11.7 Å². The van der Waals surface area contributed by atoms with E-state index in [0.29, 0.717) is 12.3 Å². The maximum atomic E-state index is 12.5. The fourth-order valence-electron chi connectivity index (χ4n) is 1.82. The van der Waals surface area contributed by atoms with E-state index in [4.69, 9.17) is 0 Å². The molecule has 1 rings (SSSR count). The molecule has 0 heterocycles. The molecule has 3 heteroatoms. The Kier molecular flexibility index (Phi) is 4.61. The lowest BCUT2D eigenvalue weighted by atomic mass is 9.88. The van der Waals surface area contributed by atoms with Crippen LogP contribution in [0, 0.1) is 18.8 Å². The number of hydrogen-bond donors (Lipinski definition) is 0. The molecule has 1 aromatic carbocycles. The average Bonchev–Trinajstić information content (AvgIpc) is 2.27. The van der Waals surface area contributed by atoms with Crippen LogP contribution in [0.25, 0.3) is 0 Å². The Morgan fingerprint density at radius 2 is 1.94 bits per heavy atom. The Morgan fingerprint density at radius 3 is 2.47 bits per heavy atom. The van der Waals surface area contributed by atoms with Gasteiger partial charge >= 0.3 is 6.18 Å². The van der Waals surface area contributed by atoms with Crippen molar-refractivity contribution in [3.63, 3.8) is 0 Å². The highest BCUT2D eigenvalue weighted by molar-refractivity contribution is 5.26. The third-order valence-electron chi connectivity index (χ3n) is 3.14. The third-order valence-corrected chi connectivity index (χ3v) is 3.14. The van der Waals surface area contributed by atoms with Gasteiger partial charge in [-0.3, -0.25) is 0 Å². The van der Waals surface area contributed by atoms with Gasteiger partial charge in [-0.25, -0.2) is 0 Å². The molecule has 0 saturated heterocycles. The zero-order valence-corrected chi connectivity index (χ0v) is 10.2. The molecule has 2 unspecified atom stereocenters. The minimum atomic E-state index is -4.26. The summed E-state index contributed by atoms with van der Waals surface area (Å²) in [6.45, 7) is 8.07. The summed E-state index contributed by atoms with van der Waals surface area (Å²) in [5.74, 6) is 0.577. The Labute approximate surface area is 101 Å². The second-order valence-corrected chi connectivity index (χ2v) is 4.55. The van der Waals surface area contributed by atoms with E-state index in [2.05, 4.69) is 6.92 Å². The van der Waals surface area contributed by atoms with Gasteiger partial charge in [0.2, 0.25) is 0 Å². The molecule has 95 valence electrons. The minimum absolute atomic E-state index is 0.282. The first-order chi connectivity index (χ1) is 7.84. The number of halogens is 3. The summed E-state index contributed by atoms with van der Waals surface area (Å²) in [6, 6.07) is 5.55. The summed E-state index contributed by atoms with van der Waals surface area (Å²) in [5, 5.41) is 0. The van der Waals surface area contributed by atoms with Crippen molar-refractivity contribution in [2.45, 2.75) is 32.9 Å². The second-order valence-electron chi connectivity index (χ2n) is 4.55. The monoisotopic (exact) mass is 243 g/mol. The first-order valence-corrected chi connectivity index (χ1v) is 5.83. The van der Waals surface area contributed by atoms with Gasteiger partial charge in [-0.1, -0.05) is 38.5 Å². The molecule has 0 bridgehead atoms. The summed E-state index contributed by atoms with van der Waals surface area (Å²) in [7, 11) is 0. The van der Waals surface area contributed by atoms with Crippen LogP contribution in [0.15, 0.2) is 24.3 Å². The highest BCUT2D eigenvalue weighted by atomic mass is 19.4. The van der Waals surface area contributed by atoms with Gasteiger partial charge in [0.15, 0.2) is 0 Å². The van der Waals surface area contributed by atoms with Crippen molar-refractivity contribution in [2.24, 2.45) is 11.8 Å². The van der Waals surface area contributed by atoms with Crippen molar-refractivity contribution in [3.05, 3.63) is 42.3 Å². The van der Waals surface area contributed by atoms with Crippen LogP contribution in [-0.4, -0.2) is 0 Å². The quantitative estimate of drug-likeness (QED) is 0.716. The first-order valence-electron chi connectivity index (χ1n) is 5.83. The van der Waals surface area contributed by atoms with Crippen molar-refractivity contribution >= 4 is 0 Å². The van der Waals surface area contributed by atoms with Crippen molar-refractivity contribution in [1.29, 1.82) is 0 Å². The van der Waals surface area contributed by atoms with E-state index in [1.807, 2.05) is 13.8 Å². The maximum absolute atomic E-state index is 12.5. The molecule has 17 heavy (non-hydrogen) atoms. The molecule has 0 N–H and O–H groups in total. The van der Waals surface area contributed by atoms with Crippen LogP contribution in [0.3, 0.4) is 0 Å². The SMILES string of the molecule is [CH2]C(CC)C(C)Cc1cccc(C(F)(F)F)c1. The topological polar surface area (TPSA) is 0 Å². The molecule has 0 aliphatic heterocycles. The van der Waals surface area contributed by atoms with Gasteiger partial charge in [0.05, 0.1) is 5.56 Å². The van der Waals surface area contributed by atoms with E-state index in [0.717, 1.165) is 18.1 Å². The average molecular weight is 243 g/mol. The molecule has 0 saturated carbocycles. The lowest BCUT2D eigenvalue weighted by Crippen LogP contribution is -2.11. The number of hydrogen-bond acceptors (Lipinski definition) is 0. The first kappa shape index (κ1) is 14.1. The standard InChI is InChI=1S/C14H18F3/c1-4-10(2)11(3)8-12-6-5-7-13(9-12)14(15,16)17/h5-7,9-11H,2,4,8H2,1,3H3. The Morgan fingerprint density at radius 1 is 1.29 bits per heavy atom. The third kappa shape index (κ3) is 4.06. The Bertz CT molecular complexity index is 355. The number of alkyl halides is 3. The molecule has 0 spiro atoms. The fourth-order valence-corrected chi connectivity index (χ4v) is 1.82. The molecule has 2 atom stereocenters. The van der Waals surface area contributed by atoms with Gasteiger partial charge in [0.1, 0.15) is 0 Å². The van der Waals surface area contributed by atoms with Crippen LogP contribution in [-0.2, 0) is 12.6 Å². The van der Waals surface area contributed by atoms with Gasteiger partial charge in [-0.05, 0) is 36.8 Å². The van der Waals surface area contributed by atoms with Gasteiger partial charge in [-0.15, -0.1) is 0 Å². The smallest absolute Gasteiger partial charge is 0.166 e. The van der Waals surface area contributed by atoms with Crippen LogP contribution in [0.5, 0.6) is 0 Å². The predicted octanol–water partition coefficient (Wildman–Crippen LogP) is 4.74. The summed E-state index contributed by atoms with van der Waals surface area (Å²) in [4.78, 5) is 0. The molecule has 0 aliphatic rings. The van der Waals surface area contributed by atoms with Crippen LogP contribution in [0.1, 0.15) is 31.4 Å². The molecule has 0 aliphatic carbocycles. The molecular formula is C14H18F3. The van der Waals surface area contributed by atoms with Crippen LogP contribution in [0.2, 0.25) is 0 Å². The van der Waals surface area contributed by atoms with Gasteiger partial charge in [0, 0.05) is 0 Å². The molecular weight excluding hydrogens is 225 g/mol. The van der Waals surface area contributed by atoms with Gasteiger partial charge in [-0.2, -0.15) is 13.2 Å². The molecule has 0 aromatic heterocycles. The number of rotatable bonds is 4. The van der Waals surface area contributed by atoms with Crippen LogP contribution >= 0.6 is 0 Å². The van der Waals surface area contributed by atoms with Crippen molar-refractivity contribution in [1.82, 2.24) is 0 Å². The zero-order chi connectivity index (χ0) is 13.1. The molecule has 0 nitrogen and oxygen atoms in total. The summed E-state index contributed by atoms with van der Waals surface area (Å²) < 4.78 is 37.6. The fraction of sp³-hybridized carbons (Fsp3) is 0.500. The second kappa shape index (κ2) is 5.56. The Balaban J connectivity index is 2.79. The molecule has 0 amide bonds. The molecule has 1 aromatic rings. The van der Waals surface area contributed by atoms with Crippen molar-refractivity contribution in [2.75, 3.05) is 0 Å². The summed E-state index contributed by atoms with van der Waals surface area (Å²) >= 11 is 0.